The summed E-state index contributed by atoms with van der Waals surface area (Å²) in [7, 11) is 0. The van der Waals surface area contributed by atoms with E-state index in [9.17, 15) is 9.59 Å². The second kappa shape index (κ2) is 7.12. The molecule has 0 spiro atoms. The highest BCUT2D eigenvalue weighted by molar-refractivity contribution is 6.05. The third kappa shape index (κ3) is 3.08. The van der Waals surface area contributed by atoms with Crippen molar-refractivity contribution in [3.05, 3.63) is 87.1 Å². The fourth-order valence-corrected chi connectivity index (χ4v) is 3.65. The molecule has 1 N–H and O–H groups in total. The van der Waals surface area contributed by atoms with Gasteiger partial charge in [-0.1, -0.05) is 12.1 Å². The Balaban J connectivity index is 1.73. The van der Waals surface area contributed by atoms with Crippen LogP contribution in [-0.2, 0) is 12.8 Å². The second-order valence-corrected chi connectivity index (χ2v) is 6.82. The molecule has 0 saturated carbocycles. The zero-order chi connectivity index (χ0) is 19.7. The molecule has 0 saturated heterocycles. The Morgan fingerprint density at radius 2 is 2.07 bits per heavy atom. The van der Waals surface area contributed by atoms with Crippen molar-refractivity contribution < 1.29 is 4.79 Å². The number of nitriles is 1. The number of fused-ring (bicyclic) bond motifs is 1. The molecule has 1 aliphatic carbocycles. The molecule has 2 heterocycles. The fourth-order valence-electron chi connectivity index (χ4n) is 3.65. The number of benzene rings is 1. The molecule has 0 unspecified atom stereocenters. The van der Waals surface area contributed by atoms with E-state index in [4.69, 9.17) is 5.26 Å². The molecule has 28 heavy (non-hydrogen) atoms. The first kappa shape index (κ1) is 17.7. The third-order valence-electron chi connectivity index (χ3n) is 5.04. The average molecular weight is 370 g/mol. The number of pyridine rings is 2. The van der Waals surface area contributed by atoms with Crippen LogP contribution in [0.15, 0.2) is 53.6 Å². The predicted molar refractivity (Wildman–Crippen MR) is 106 cm³/mol. The Hall–Kier alpha value is -3.72. The summed E-state index contributed by atoms with van der Waals surface area (Å²) in [5.74, 6) is -0.490. The van der Waals surface area contributed by atoms with Crippen LogP contribution in [0.25, 0.3) is 5.69 Å². The van der Waals surface area contributed by atoms with Crippen LogP contribution in [0.3, 0.4) is 0 Å². The third-order valence-corrected chi connectivity index (χ3v) is 5.04. The zero-order valence-corrected chi connectivity index (χ0v) is 15.4. The van der Waals surface area contributed by atoms with Gasteiger partial charge in [-0.3, -0.25) is 14.2 Å². The first-order valence-electron chi connectivity index (χ1n) is 9.09. The molecule has 1 aliphatic rings. The normalized spacial score (nSPS) is 12.3. The first-order chi connectivity index (χ1) is 13.6. The molecule has 6 nitrogen and oxygen atoms in total. The molecule has 2 aromatic heterocycles. The number of carbonyl (C=O) groups excluding carboxylic acids is 1. The Morgan fingerprint density at radius 1 is 1.21 bits per heavy atom. The number of nitrogens with zero attached hydrogens (tertiary/aromatic N) is 3. The van der Waals surface area contributed by atoms with E-state index in [1.54, 1.807) is 29.8 Å². The van der Waals surface area contributed by atoms with E-state index < -0.39 is 5.91 Å². The summed E-state index contributed by atoms with van der Waals surface area (Å²) in [5, 5.41) is 11.5. The number of aromatic nitrogens is 2. The van der Waals surface area contributed by atoms with E-state index in [2.05, 4.69) is 16.4 Å². The van der Waals surface area contributed by atoms with Crippen LogP contribution in [0.4, 0.5) is 5.69 Å². The van der Waals surface area contributed by atoms with Gasteiger partial charge in [-0.2, -0.15) is 5.26 Å². The minimum atomic E-state index is -0.490. The molecule has 0 fully saturated rings. The number of carbonyl (C=O) groups is 1. The summed E-state index contributed by atoms with van der Waals surface area (Å²) in [6, 6.07) is 12.8. The van der Waals surface area contributed by atoms with Gasteiger partial charge in [0.25, 0.3) is 11.5 Å². The molecule has 0 radical (unpaired) electrons. The zero-order valence-electron chi connectivity index (χ0n) is 15.4. The van der Waals surface area contributed by atoms with Gasteiger partial charge < -0.3 is 5.32 Å². The van der Waals surface area contributed by atoms with Gasteiger partial charge in [-0.25, -0.2) is 4.98 Å². The number of aryl methyl sites for hydroxylation is 2. The molecular formula is C22H18N4O2. The number of amides is 1. The number of hydrogen-bond acceptors (Lipinski definition) is 4. The first-order valence-corrected chi connectivity index (χ1v) is 9.09. The molecular weight excluding hydrogens is 352 g/mol. The maximum atomic E-state index is 13.2. The summed E-state index contributed by atoms with van der Waals surface area (Å²) >= 11 is 0. The summed E-state index contributed by atoms with van der Waals surface area (Å²) in [5.41, 5.74) is 4.33. The van der Waals surface area contributed by atoms with Gasteiger partial charge in [0.2, 0.25) is 0 Å². The summed E-state index contributed by atoms with van der Waals surface area (Å²) in [4.78, 5) is 29.9. The van der Waals surface area contributed by atoms with Crippen molar-refractivity contribution in [3.63, 3.8) is 0 Å². The van der Waals surface area contributed by atoms with Crippen LogP contribution in [0.1, 0.15) is 39.2 Å². The highest BCUT2D eigenvalue weighted by Crippen LogP contribution is 2.27. The molecule has 138 valence electrons. The number of nitrogens with one attached hydrogen (secondary N) is 1. The lowest BCUT2D eigenvalue weighted by Gasteiger charge is -2.14. The van der Waals surface area contributed by atoms with Crippen molar-refractivity contribution in [1.29, 1.82) is 5.26 Å². The highest BCUT2D eigenvalue weighted by atomic mass is 16.2. The van der Waals surface area contributed by atoms with E-state index >= 15 is 0 Å². The quantitative estimate of drug-likeness (QED) is 0.767. The van der Waals surface area contributed by atoms with Gasteiger partial charge in [-0.05, 0) is 67.1 Å². The molecule has 1 aromatic carbocycles. The lowest BCUT2D eigenvalue weighted by molar-refractivity contribution is 0.102. The maximum absolute atomic E-state index is 13.2. The molecule has 0 atom stereocenters. The van der Waals surface area contributed by atoms with Crippen LogP contribution in [-0.4, -0.2) is 15.5 Å². The van der Waals surface area contributed by atoms with Crippen LogP contribution < -0.4 is 10.9 Å². The minimum Gasteiger partial charge on any atom is -0.320 e. The summed E-state index contributed by atoms with van der Waals surface area (Å²) in [6.07, 6.45) is 6.15. The Labute approximate surface area is 162 Å². The monoisotopic (exact) mass is 370 g/mol. The van der Waals surface area contributed by atoms with Gasteiger partial charge in [0.05, 0.1) is 17.6 Å². The predicted octanol–water partition coefficient (Wildman–Crippen LogP) is 3.15. The molecule has 3 aromatic rings. The van der Waals surface area contributed by atoms with E-state index in [0.29, 0.717) is 11.3 Å². The topological polar surface area (TPSA) is 87.8 Å². The van der Waals surface area contributed by atoms with Crippen LogP contribution >= 0.6 is 0 Å². The van der Waals surface area contributed by atoms with Crippen molar-refractivity contribution >= 4 is 11.6 Å². The lowest BCUT2D eigenvalue weighted by atomic mass is 10.1. The molecule has 4 rings (SSSR count). The number of rotatable bonds is 3. The summed E-state index contributed by atoms with van der Waals surface area (Å²) in [6.45, 7) is 1.74. The summed E-state index contributed by atoms with van der Waals surface area (Å²) < 4.78 is 1.56. The number of anilines is 1. The van der Waals surface area contributed by atoms with Gasteiger partial charge >= 0.3 is 0 Å². The van der Waals surface area contributed by atoms with Gasteiger partial charge in [0, 0.05) is 6.20 Å². The maximum Gasteiger partial charge on any atom is 0.268 e. The molecule has 1 amide bonds. The van der Waals surface area contributed by atoms with Crippen molar-refractivity contribution in [2.24, 2.45) is 0 Å². The Kier molecular flexibility index (Phi) is 4.50. The van der Waals surface area contributed by atoms with Crippen molar-refractivity contribution in [2.45, 2.75) is 26.2 Å². The van der Waals surface area contributed by atoms with Crippen molar-refractivity contribution in [2.75, 3.05) is 5.32 Å². The average Bonchev–Trinajstić information content (AvgIpc) is 3.18. The van der Waals surface area contributed by atoms with Crippen LogP contribution in [0.2, 0.25) is 0 Å². The fraction of sp³-hybridized carbons (Fsp3) is 0.182. The molecule has 6 heteroatoms. The van der Waals surface area contributed by atoms with E-state index in [1.807, 2.05) is 18.2 Å². The second-order valence-electron chi connectivity index (χ2n) is 6.82. The molecule has 0 aliphatic heterocycles. The van der Waals surface area contributed by atoms with Crippen LogP contribution in [0.5, 0.6) is 0 Å². The van der Waals surface area contributed by atoms with Crippen LogP contribution in [0, 0.1) is 18.3 Å². The van der Waals surface area contributed by atoms with E-state index in [0.717, 1.165) is 24.9 Å². The minimum absolute atomic E-state index is 0.0995. The van der Waals surface area contributed by atoms with Crippen molar-refractivity contribution in [3.8, 4) is 11.8 Å². The van der Waals surface area contributed by atoms with E-state index in [-0.39, 0.29) is 16.8 Å². The lowest BCUT2D eigenvalue weighted by Crippen LogP contribution is -2.29. The van der Waals surface area contributed by atoms with Gasteiger partial charge in [0.1, 0.15) is 17.3 Å². The van der Waals surface area contributed by atoms with E-state index in [1.165, 1.54) is 23.4 Å². The number of hydrogen-bond donors (Lipinski definition) is 1. The van der Waals surface area contributed by atoms with Crippen molar-refractivity contribution in [1.82, 2.24) is 9.55 Å². The standard InChI is InChI=1S/C22H18N4O2/c1-14-10-11-26(19-7-3-5-15-4-2-6-18(15)19)22(28)20(14)21(27)25-17-9-8-16(12-23)24-13-17/h3,5,7-11,13H,2,4,6H2,1H3,(H,25,27). The Bertz CT molecular complexity index is 1170. The molecule has 0 bridgehead atoms. The largest absolute Gasteiger partial charge is 0.320 e. The SMILES string of the molecule is Cc1ccn(-c2cccc3c2CCC3)c(=O)c1C(=O)Nc1ccc(C#N)nc1. The highest BCUT2D eigenvalue weighted by Gasteiger charge is 2.20. The van der Waals surface area contributed by atoms with Gasteiger partial charge in [-0.15, -0.1) is 0 Å². The van der Waals surface area contributed by atoms with Gasteiger partial charge in [0.15, 0.2) is 0 Å². The Morgan fingerprint density at radius 3 is 2.82 bits per heavy atom. The smallest absolute Gasteiger partial charge is 0.268 e.